The monoisotopic (exact) mass is 428 g/mol. The van der Waals surface area contributed by atoms with Gasteiger partial charge in [-0.15, -0.1) is 0 Å². The standard InChI is InChI=1S/C24H32N2O3S/c1-18-8-9-19(2)22(16-18)30(28,29)24(14-6-7-15-24)23(27)26(5)17-20-10-12-21(13-11-20)25(3)4/h8-13,16H,6-7,14-15,17H2,1-5H3. The van der Waals surface area contributed by atoms with E-state index in [0.29, 0.717) is 29.8 Å². The van der Waals surface area contributed by atoms with Crippen molar-refractivity contribution in [2.45, 2.75) is 55.7 Å². The van der Waals surface area contributed by atoms with Crippen molar-refractivity contribution in [3.8, 4) is 0 Å². The molecule has 0 atom stereocenters. The number of rotatable bonds is 6. The van der Waals surface area contributed by atoms with Crippen molar-refractivity contribution in [1.29, 1.82) is 0 Å². The number of carbonyl (C=O) groups excluding carboxylic acids is 1. The van der Waals surface area contributed by atoms with Crippen molar-refractivity contribution in [3.63, 3.8) is 0 Å². The Morgan fingerprint density at radius 2 is 1.57 bits per heavy atom. The topological polar surface area (TPSA) is 57.7 Å². The van der Waals surface area contributed by atoms with E-state index in [2.05, 4.69) is 0 Å². The zero-order valence-electron chi connectivity index (χ0n) is 18.6. The normalized spacial score (nSPS) is 15.8. The molecule has 5 nitrogen and oxygen atoms in total. The molecule has 1 aliphatic carbocycles. The lowest BCUT2D eigenvalue weighted by atomic mass is 10.0. The second-order valence-corrected chi connectivity index (χ2v) is 10.9. The van der Waals surface area contributed by atoms with Gasteiger partial charge in [0.2, 0.25) is 5.91 Å². The molecule has 3 rings (SSSR count). The average Bonchev–Trinajstić information content (AvgIpc) is 3.21. The van der Waals surface area contributed by atoms with E-state index in [1.54, 1.807) is 24.9 Å². The molecule has 2 aromatic rings. The second kappa shape index (κ2) is 8.42. The molecule has 0 aliphatic heterocycles. The third-order valence-corrected chi connectivity index (χ3v) is 8.80. The number of hydrogen-bond acceptors (Lipinski definition) is 4. The first kappa shape index (κ1) is 22.3. The van der Waals surface area contributed by atoms with Gasteiger partial charge in [-0.3, -0.25) is 4.79 Å². The molecule has 0 bridgehead atoms. The van der Waals surface area contributed by atoms with E-state index in [9.17, 15) is 13.2 Å². The summed E-state index contributed by atoms with van der Waals surface area (Å²) in [6.07, 6.45) is 2.26. The molecule has 0 unspecified atom stereocenters. The molecule has 1 fully saturated rings. The number of sulfone groups is 1. The molecule has 1 amide bonds. The summed E-state index contributed by atoms with van der Waals surface area (Å²) < 4.78 is 26.2. The van der Waals surface area contributed by atoms with Crippen LogP contribution in [0.5, 0.6) is 0 Å². The van der Waals surface area contributed by atoms with Crippen molar-refractivity contribution in [2.75, 3.05) is 26.0 Å². The van der Waals surface area contributed by atoms with Gasteiger partial charge in [0, 0.05) is 33.4 Å². The minimum absolute atomic E-state index is 0.293. The Morgan fingerprint density at radius 1 is 0.967 bits per heavy atom. The highest BCUT2D eigenvalue weighted by molar-refractivity contribution is 7.93. The van der Waals surface area contributed by atoms with Gasteiger partial charge < -0.3 is 9.80 Å². The maximum absolute atomic E-state index is 13.8. The van der Waals surface area contributed by atoms with Crippen LogP contribution in [-0.4, -0.2) is 45.1 Å². The van der Waals surface area contributed by atoms with Gasteiger partial charge in [0.15, 0.2) is 14.6 Å². The average molecular weight is 429 g/mol. The maximum atomic E-state index is 13.8. The smallest absolute Gasteiger partial charge is 0.244 e. The number of carbonyl (C=O) groups is 1. The van der Waals surface area contributed by atoms with Crippen molar-refractivity contribution >= 4 is 21.4 Å². The van der Waals surface area contributed by atoms with Crippen molar-refractivity contribution in [1.82, 2.24) is 4.90 Å². The van der Waals surface area contributed by atoms with Gasteiger partial charge in [0.1, 0.15) is 0 Å². The Labute approximate surface area is 180 Å². The molecule has 0 aromatic heterocycles. The van der Waals surface area contributed by atoms with Gasteiger partial charge in [0.25, 0.3) is 0 Å². The van der Waals surface area contributed by atoms with Gasteiger partial charge in [-0.1, -0.05) is 37.1 Å². The van der Waals surface area contributed by atoms with Crippen LogP contribution >= 0.6 is 0 Å². The molecule has 0 heterocycles. The number of anilines is 1. The van der Waals surface area contributed by atoms with Crippen molar-refractivity contribution in [3.05, 3.63) is 59.2 Å². The van der Waals surface area contributed by atoms with Gasteiger partial charge >= 0.3 is 0 Å². The third-order valence-electron chi connectivity index (χ3n) is 6.17. The molecule has 2 aromatic carbocycles. The molecule has 30 heavy (non-hydrogen) atoms. The molecule has 1 aliphatic rings. The molecule has 162 valence electrons. The minimum atomic E-state index is -3.81. The first-order chi connectivity index (χ1) is 14.1. The van der Waals surface area contributed by atoms with Crippen LogP contribution < -0.4 is 4.90 Å². The van der Waals surface area contributed by atoms with E-state index in [-0.39, 0.29) is 5.91 Å². The lowest BCUT2D eigenvalue weighted by Crippen LogP contribution is -2.51. The Morgan fingerprint density at radius 3 is 2.13 bits per heavy atom. The van der Waals surface area contributed by atoms with Crippen LogP contribution in [0.15, 0.2) is 47.4 Å². The fourth-order valence-corrected chi connectivity index (χ4v) is 6.81. The van der Waals surface area contributed by atoms with Gasteiger partial charge in [-0.25, -0.2) is 8.42 Å². The zero-order valence-corrected chi connectivity index (χ0v) is 19.4. The molecular weight excluding hydrogens is 396 g/mol. The van der Waals surface area contributed by atoms with Crippen LogP contribution in [0.25, 0.3) is 0 Å². The summed E-state index contributed by atoms with van der Waals surface area (Å²) in [5.41, 5.74) is 3.64. The predicted molar refractivity (Wildman–Crippen MR) is 122 cm³/mol. The van der Waals surface area contributed by atoms with Crippen LogP contribution in [0, 0.1) is 13.8 Å². The van der Waals surface area contributed by atoms with Crippen LogP contribution in [0.1, 0.15) is 42.4 Å². The highest BCUT2D eigenvalue weighted by Gasteiger charge is 2.54. The predicted octanol–water partition coefficient (Wildman–Crippen LogP) is 4.11. The summed E-state index contributed by atoms with van der Waals surface area (Å²) in [6.45, 7) is 4.07. The van der Waals surface area contributed by atoms with E-state index >= 15 is 0 Å². The number of nitrogens with zero attached hydrogens (tertiary/aromatic N) is 2. The first-order valence-electron chi connectivity index (χ1n) is 10.4. The fraction of sp³-hybridized carbons (Fsp3) is 0.458. The molecule has 0 saturated heterocycles. The van der Waals surface area contributed by atoms with Crippen LogP contribution in [-0.2, 0) is 21.2 Å². The van der Waals surface area contributed by atoms with Crippen molar-refractivity contribution < 1.29 is 13.2 Å². The highest BCUT2D eigenvalue weighted by Crippen LogP contribution is 2.43. The molecule has 0 N–H and O–H groups in total. The van der Waals surface area contributed by atoms with Crippen molar-refractivity contribution in [2.24, 2.45) is 0 Å². The second-order valence-electron chi connectivity index (χ2n) is 8.70. The van der Waals surface area contributed by atoms with E-state index in [4.69, 9.17) is 0 Å². The van der Waals surface area contributed by atoms with E-state index in [1.165, 1.54) is 0 Å². The van der Waals surface area contributed by atoms with Gasteiger partial charge in [-0.2, -0.15) is 0 Å². The Hall–Kier alpha value is -2.34. The Balaban J connectivity index is 1.92. The fourth-order valence-electron chi connectivity index (χ4n) is 4.34. The number of amides is 1. The first-order valence-corrected chi connectivity index (χ1v) is 11.9. The molecule has 1 saturated carbocycles. The minimum Gasteiger partial charge on any atom is -0.378 e. The Bertz CT molecular complexity index is 1020. The molecule has 6 heteroatoms. The van der Waals surface area contributed by atoms with E-state index < -0.39 is 14.6 Å². The summed E-state index contributed by atoms with van der Waals surface area (Å²) in [7, 11) is 1.86. The SMILES string of the molecule is Cc1ccc(C)c(S(=O)(=O)C2(C(=O)N(C)Cc3ccc(N(C)C)cc3)CCCC2)c1. The maximum Gasteiger partial charge on any atom is 0.244 e. The molecule has 0 spiro atoms. The van der Waals surface area contributed by atoms with E-state index in [0.717, 1.165) is 29.7 Å². The Kier molecular flexibility index (Phi) is 6.27. The number of benzene rings is 2. The van der Waals surface area contributed by atoms with Crippen LogP contribution in [0.2, 0.25) is 0 Å². The number of hydrogen-bond donors (Lipinski definition) is 0. The quantitative estimate of drug-likeness (QED) is 0.695. The zero-order chi connectivity index (χ0) is 22.1. The van der Waals surface area contributed by atoms with Crippen LogP contribution in [0.4, 0.5) is 5.69 Å². The van der Waals surface area contributed by atoms with Crippen LogP contribution in [0.3, 0.4) is 0 Å². The largest absolute Gasteiger partial charge is 0.378 e. The summed E-state index contributed by atoms with van der Waals surface area (Å²) >= 11 is 0. The lowest BCUT2D eigenvalue weighted by molar-refractivity contribution is -0.133. The molecule has 0 radical (unpaired) electrons. The van der Waals surface area contributed by atoms with E-state index in [1.807, 2.05) is 62.3 Å². The van der Waals surface area contributed by atoms with Gasteiger partial charge in [-0.05, 0) is 61.6 Å². The number of aryl methyl sites for hydroxylation is 2. The summed E-state index contributed by atoms with van der Waals surface area (Å²) in [6, 6.07) is 13.4. The molecular formula is C24H32N2O3S. The summed E-state index contributed by atoms with van der Waals surface area (Å²) in [5, 5.41) is 0. The third kappa shape index (κ3) is 3.97. The lowest BCUT2D eigenvalue weighted by Gasteiger charge is -2.32. The summed E-state index contributed by atoms with van der Waals surface area (Å²) in [5.74, 6) is -0.294. The summed E-state index contributed by atoms with van der Waals surface area (Å²) in [4.78, 5) is 17.5. The highest BCUT2D eigenvalue weighted by atomic mass is 32.2. The van der Waals surface area contributed by atoms with Gasteiger partial charge in [0.05, 0.1) is 4.90 Å².